The van der Waals surface area contributed by atoms with Gasteiger partial charge in [0, 0.05) is 31.5 Å². The Bertz CT molecular complexity index is 449. The number of carbonyl (C=O) groups is 3. The lowest BCUT2D eigenvalue weighted by molar-refractivity contribution is -0.138. The molecular formula is C15H20N2O5. The van der Waals surface area contributed by atoms with Gasteiger partial charge < -0.3 is 14.8 Å². The molecule has 7 heteroatoms. The van der Waals surface area contributed by atoms with Gasteiger partial charge in [-0.3, -0.25) is 19.3 Å². The Hall–Kier alpha value is -2.17. The number of rotatable bonds is 11. The highest BCUT2D eigenvalue weighted by Crippen LogP contribution is 2.02. The van der Waals surface area contributed by atoms with Crippen LogP contribution in [0.3, 0.4) is 0 Å². The molecule has 22 heavy (non-hydrogen) atoms. The molecule has 1 heterocycles. The lowest BCUT2D eigenvalue weighted by Crippen LogP contribution is -2.33. The molecule has 1 N–H and O–H groups in total. The Morgan fingerprint density at radius 2 is 1.82 bits per heavy atom. The summed E-state index contributed by atoms with van der Waals surface area (Å²) in [6, 6.07) is 0. The van der Waals surface area contributed by atoms with Gasteiger partial charge in [-0.15, -0.1) is 12.3 Å². The zero-order chi connectivity index (χ0) is 16.2. The topological polar surface area (TPSA) is 84.9 Å². The van der Waals surface area contributed by atoms with E-state index in [1.165, 1.54) is 12.2 Å². The van der Waals surface area contributed by atoms with E-state index in [1.807, 2.05) is 0 Å². The van der Waals surface area contributed by atoms with Gasteiger partial charge in [-0.1, -0.05) is 0 Å². The molecule has 7 nitrogen and oxygen atoms in total. The first-order chi connectivity index (χ1) is 10.6. The molecule has 120 valence electrons. The molecule has 3 amide bonds. The van der Waals surface area contributed by atoms with Gasteiger partial charge in [0.25, 0.3) is 11.8 Å². The Morgan fingerprint density at radius 3 is 2.50 bits per heavy atom. The minimum absolute atomic E-state index is 0.143. The number of hydrogen-bond donors (Lipinski definition) is 1. The zero-order valence-electron chi connectivity index (χ0n) is 12.4. The lowest BCUT2D eigenvalue weighted by atomic mass is 10.4. The summed E-state index contributed by atoms with van der Waals surface area (Å²) in [7, 11) is 0. The van der Waals surface area contributed by atoms with Crippen LogP contribution in [0, 0.1) is 12.3 Å². The van der Waals surface area contributed by atoms with Crippen LogP contribution in [-0.2, 0) is 23.9 Å². The molecule has 1 aliphatic rings. The average molecular weight is 308 g/mol. The minimum Gasteiger partial charge on any atom is -0.379 e. The Balaban J connectivity index is 1.94. The second kappa shape index (κ2) is 10.5. The average Bonchev–Trinajstić information content (AvgIpc) is 2.82. The van der Waals surface area contributed by atoms with Crippen molar-refractivity contribution < 1.29 is 23.9 Å². The number of hydrogen-bond acceptors (Lipinski definition) is 5. The van der Waals surface area contributed by atoms with Crippen LogP contribution in [0.15, 0.2) is 12.2 Å². The van der Waals surface area contributed by atoms with Crippen LogP contribution in [0.25, 0.3) is 0 Å². The Morgan fingerprint density at radius 1 is 1.14 bits per heavy atom. The van der Waals surface area contributed by atoms with Crippen LogP contribution >= 0.6 is 0 Å². The van der Waals surface area contributed by atoms with Gasteiger partial charge in [0.15, 0.2) is 0 Å². The van der Waals surface area contributed by atoms with Crippen molar-refractivity contribution in [3.8, 4) is 12.3 Å². The van der Waals surface area contributed by atoms with E-state index < -0.39 is 0 Å². The molecule has 0 atom stereocenters. The predicted octanol–water partition coefficient (Wildman–Crippen LogP) is -0.526. The van der Waals surface area contributed by atoms with Crippen LogP contribution in [-0.4, -0.2) is 62.1 Å². The molecule has 0 saturated heterocycles. The van der Waals surface area contributed by atoms with Crippen molar-refractivity contribution in [1.82, 2.24) is 10.2 Å². The van der Waals surface area contributed by atoms with Crippen molar-refractivity contribution in [2.45, 2.75) is 12.8 Å². The van der Waals surface area contributed by atoms with Gasteiger partial charge in [0.1, 0.15) is 0 Å². The second-order valence-electron chi connectivity index (χ2n) is 4.44. The van der Waals surface area contributed by atoms with E-state index in [-0.39, 0.29) is 43.9 Å². The maximum Gasteiger partial charge on any atom is 0.253 e. The maximum atomic E-state index is 11.4. The van der Waals surface area contributed by atoms with Gasteiger partial charge in [0.05, 0.1) is 33.0 Å². The summed E-state index contributed by atoms with van der Waals surface area (Å²) in [5, 5.41) is 2.68. The Kier molecular flexibility index (Phi) is 8.57. The largest absolute Gasteiger partial charge is 0.379 e. The SMILES string of the molecule is C#CCCOCCNC(=O)CCOCCN1C(=O)C=CC1=O. The van der Waals surface area contributed by atoms with Gasteiger partial charge in [0.2, 0.25) is 5.91 Å². The van der Waals surface area contributed by atoms with Crippen LogP contribution in [0.2, 0.25) is 0 Å². The van der Waals surface area contributed by atoms with Gasteiger partial charge in [-0.05, 0) is 0 Å². The number of imide groups is 1. The third-order valence-electron chi connectivity index (χ3n) is 2.79. The molecule has 0 spiro atoms. The summed E-state index contributed by atoms with van der Waals surface area (Å²) in [6.45, 7) is 1.95. The third-order valence-corrected chi connectivity index (χ3v) is 2.79. The van der Waals surface area contributed by atoms with E-state index >= 15 is 0 Å². The highest BCUT2D eigenvalue weighted by atomic mass is 16.5. The molecule has 0 fully saturated rings. The fourth-order valence-electron chi connectivity index (χ4n) is 1.66. The molecular weight excluding hydrogens is 288 g/mol. The summed E-state index contributed by atoms with van der Waals surface area (Å²) < 4.78 is 10.4. The smallest absolute Gasteiger partial charge is 0.253 e. The van der Waals surface area contributed by atoms with Crippen molar-refractivity contribution in [3.63, 3.8) is 0 Å². The molecule has 0 unspecified atom stereocenters. The third kappa shape index (κ3) is 7.02. The molecule has 0 aromatic rings. The quantitative estimate of drug-likeness (QED) is 0.315. The van der Waals surface area contributed by atoms with Crippen LogP contribution in [0.1, 0.15) is 12.8 Å². The van der Waals surface area contributed by atoms with E-state index in [0.717, 1.165) is 4.90 Å². The molecule has 1 rings (SSSR count). The molecule has 0 aromatic carbocycles. The molecule has 0 aliphatic carbocycles. The van der Waals surface area contributed by atoms with Crippen molar-refractivity contribution >= 4 is 17.7 Å². The van der Waals surface area contributed by atoms with E-state index in [4.69, 9.17) is 15.9 Å². The summed E-state index contributed by atoms with van der Waals surface area (Å²) in [5.74, 6) is 1.64. The van der Waals surface area contributed by atoms with Gasteiger partial charge in [-0.25, -0.2) is 0 Å². The number of terminal acetylenes is 1. The minimum atomic E-state index is -0.337. The standard InChI is InChI=1S/C15H20N2O5/c1-2-3-9-21-11-7-16-13(18)6-10-22-12-8-17-14(19)4-5-15(17)20/h1,4-5H,3,6-12H2,(H,16,18). The monoisotopic (exact) mass is 308 g/mol. The van der Waals surface area contributed by atoms with Gasteiger partial charge in [-0.2, -0.15) is 0 Å². The van der Waals surface area contributed by atoms with E-state index in [0.29, 0.717) is 26.2 Å². The highest BCUT2D eigenvalue weighted by Gasteiger charge is 2.22. The zero-order valence-corrected chi connectivity index (χ0v) is 12.4. The van der Waals surface area contributed by atoms with E-state index in [1.54, 1.807) is 0 Å². The summed E-state index contributed by atoms with van der Waals surface area (Å²) in [4.78, 5) is 35.0. The van der Waals surface area contributed by atoms with Crippen molar-refractivity contribution in [3.05, 3.63) is 12.2 Å². The molecule has 0 radical (unpaired) electrons. The van der Waals surface area contributed by atoms with Crippen LogP contribution < -0.4 is 5.32 Å². The van der Waals surface area contributed by atoms with Crippen molar-refractivity contribution in [2.75, 3.05) is 39.5 Å². The van der Waals surface area contributed by atoms with Crippen molar-refractivity contribution in [2.24, 2.45) is 0 Å². The summed E-state index contributed by atoms with van der Waals surface area (Å²) in [5.41, 5.74) is 0. The maximum absolute atomic E-state index is 11.4. The first-order valence-electron chi connectivity index (χ1n) is 7.04. The second-order valence-corrected chi connectivity index (χ2v) is 4.44. The summed E-state index contributed by atoms with van der Waals surface area (Å²) in [6.07, 6.45) is 8.28. The molecule has 0 bridgehead atoms. The summed E-state index contributed by atoms with van der Waals surface area (Å²) >= 11 is 0. The normalized spacial score (nSPS) is 13.5. The van der Waals surface area contributed by atoms with E-state index in [2.05, 4.69) is 11.2 Å². The van der Waals surface area contributed by atoms with Gasteiger partial charge >= 0.3 is 0 Å². The number of nitrogens with one attached hydrogen (secondary N) is 1. The Labute approximate surface area is 129 Å². The molecule has 0 aromatic heterocycles. The highest BCUT2D eigenvalue weighted by molar-refractivity contribution is 6.12. The van der Waals surface area contributed by atoms with Crippen LogP contribution in [0.5, 0.6) is 0 Å². The first kappa shape index (κ1) is 17.9. The van der Waals surface area contributed by atoms with E-state index in [9.17, 15) is 14.4 Å². The predicted molar refractivity (Wildman–Crippen MR) is 78.6 cm³/mol. The number of amides is 3. The van der Waals surface area contributed by atoms with Crippen LogP contribution in [0.4, 0.5) is 0 Å². The fraction of sp³-hybridized carbons (Fsp3) is 0.533. The number of nitrogens with zero attached hydrogens (tertiary/aromatic N) is 1. The van der Waals surface area contributed by atoms with Crippen molar-refractivity contribution in [1.29, 1.82) is 0 Å². The molecule has 0 saturated carbocycles. The molecule has 1 aliphatic heterocycles. The number of carbonyl (C=O) groups excluding carboxylic acids is 3. The number of ether oxygens (including phenoxy) is 2. The fourth-order valence-corrected chi connectivity index (χ4v) is 1.66. The lowest BCUT2D eigenvalue weighted by Gasteiger charge is -2.13. The first-order valence-corrected chi connectivity index (χ1v) is 7.04.